The topological polar surface area (TPSA) is 28.2 Å². The van der Waals surface area contributed by atoms with E-state index in [1.165, 1.54) is 41.4 Å². The molecule has 1 rings (SSSR count). The van der Waals surface area contributed by atoms with Gasteiger partial charge in [0.2, 0.25) is 0 Å². The third kappa shape index (κ3) is 5.41. The molecule has 116 valence electrons. The van der Waals surface area contributed by atoms with Gasteiger partial charge in [0, 0.05) is 24.0 Å². The lowest BCUT2D eigenvalue weighted by molar-refractivity contribution is 0.624. The number of hydrogen-bond acceptors (Lipinski definition) is 4. The fraction of sp³-hybridized carbons (Fsp3) is 0.812. The number of rotatable bonds is 10. The van der Waals surface area contributed by atoms with Gasteiger partial charge < -0.3 is 10.2 Å². The molecule has 0 aliphatic heterocycles. The minimum Gasteiger partial charge on any atom is -0.346 e. The number of aryl methyl sites for hydroxylation is 1. The van der Waals surface area contributed by atoms with Gasteiger partial charge in [-0.05, 0) is 40.2 Å². The summed E-state index contributed by atoms with van der Waals surface area (Å²) < 4.78 is 0. The van der Waals surface area contributed by atoms with Crippen molar-refractivity contribution in [2.75, 3.05) is 18.0 Å². The van der Waals surface area contributed by atoms with E-state index in [0.29, 0.717) is 6.04 Å². The number of anilines is 1. The lowest BCUT2D eigenvalue weighted by atomic mass is 10.2. The molecule has 0 aromatic carbocycles. The molecule has 0 aliphatic rings. The standard InChI is InChI=1S/C16H31N3S/c1-6-8-9-11-19(13(3)4)16-18-14(5)15(20-16)12-17-10-7-2/h13,17H,6-12H2,1-5H3. The quantitative estimate of drug-likeness (QED) is 0.651. The highest BCUT2D eigenvalue weighted by atomic mass is 32.1. The molecule has 0 fully saturated rings. The Morgan fingerprint density at radius 1 is 1.20 bits per heavy atom. The van der Waals surface area contributed by atoms with Crippen molar-refractivity contribution < 1.29 is 0 Å². The summed E-state index contributed by atoms with van der Waals surface area (Å²) in [4.78, 5) is 8.63. The molecule has 0 spiro atoms. The number of aromatic nitrogens is 1. The molecule has 0 radical (unpaired) electrons. The van der Waals surface area contributed by atoms with Crippen LogP contribution in [0.1, 0.15) is 63.9 Å². The van der Waals surface area contributed by atoms with E-state index in [-0.39, 0.29) is 0 Å². The Balaban J connectivity index is 2.68. The molecule has 1 aromatic rings. The van der Waals surface area contributed by atoms with Gasteiger partial charge in [0.1, 0.15) is 0 Å². The van der Waals surface area contributed by atoms with Crippen LogP contribution in [0.3, 0.4) is 0 Å². The van der Waals surface area contributed by atoms with Crippen molar-refractivity contribution >= 4 is 16.5 Å². The molecule has 1 N–H and O–H groups in total. The molecule has 0 amide bonds. The van der Waals surface area contributed by atoms with Crippen LogP contribution >= 0.6 is 11.3 Å². The summed E-state index contributed by atoms with van der Waals surface area (Å²) >= 11 is 1.86. The molecule has 0 saturated carbocycles. The number of hydrogen-bond donors (Lipinski definition) is 1. The van der Waals surface area contributed by atoms with E-state index in [9.17, 15) is 0 Å². The van der Waals surface area contributed by atoms with Gasteiger partial charge in [-0.25, -0.2) is 4.98 Å². The van der Waals surface area contributed by atoms with Gasteiger partial charge in [-0.15, -0.1) is 11.3 Å². The smallest absolute Gasteiger partial charge is 0.186 e. The Kier molecular flexibility index (Phi) is 8.15. The Bertz CT molecular complexity index is 374. The van der Waals surface area contributed by atoms with Crippen LogP contribution in [-0.2, 0) is 6.54 Å². The molecule has 3 nitrogen and oxygen atoms in total. The first-order valence-corrected chi connectivity index (χ1v) is 8.85. The zero-order chi connectivity index (χ0) is 15.0. The van der Waals surface area contributed by atoms with Gasteiger partial charge in [-0.1, -0.05) is 26.7 Å². The minimum atomic E-state index is 0.522. The van der Waals surface area contributed by atoms with Crippen molar-refractivity contribution in [3.63, 3.8) is 0 Å². The van der Waals surface area contributed by atoms with E-state index in [2.05, 4.69) is 44.8 Å². The zero-order valence-electron chi connectivity index (χ0n) is 13.8. The Morgan fingerprint density at radius 3 is 2.55 bits per heavy atom. The molecule has 0 aliphatic carbocycles. The number of nitrogens with zero attached hydrogens (tertiary/aromatic N) is 2. The van der Waals surface area contributed by atoms with E-state index in [1.54, 1.807) is 0 Å². The normalized spacial score (nSPS) is 11.3. The first kappa shape index (κ1) is 17.4. The van der Waals surface area contributed by atoms with E-state index in [0.717, 1.165) is 19.6 Å². The van der Waals surface area contributed by atoms with Crippen LogP contribution in [0.2, 0.25) is 0 Å². The first-order chi connectivity index (χ1) is 9.60. The zero-order valence-corrected chi connectivity index (χ0v) is 14.6. The second-order valence-electron chi connectivity index (χ2n) is 5.68. The van der Waals surface area contributed by atoms with Crippen LogP contribution in [0.4, 0.5) is 5.13 Å². The fourth-order valence-electron chi connectivity index (χ4n) is 2.19. The monoisotopic (exact) mass is 297 g/mol. The Hall–Kier alpha value is -0.610. The second-order valence-corrected chi connectivity index (χ2v) is 6.74. The molecule has 0 bridgehead atoms. The van der Waals surface area contributed by atoms with Gasteiger partial charge >= 0.3 is 0 Å². The molecular weight excluding hydrogens is 266 g/mol. The van der Waals surface area contributed by atoms with Crippen LogP contribution in [0.15, 0.2) is 0 Å². The van der Waals surface area contributed by atoms with Gasteiger partial charge in [0.15, 0.2) is 5.13 Å². The van der Waals surface area contributed by atoms with Crippen molar-refractivity contribution in [1.29, 1.82) is 0 Å². The van der Waals surface area contributed by atoms with Crippen molar-refractivity contribution in [3.8, 4) is 0 Å². The molecular formula is C16H31N3S. The number of nitrogens with one attached hydrogen (secondary N) is 1. The largest absolute Gasteiger partial charge is 0.346 e. The average molecular weight is 298 g/mol. The summed E-state index contributed by atoms with van der Waals surface area (Å²) in [6.07, 6.45) is 5.02. The molecule has 0 saturated heterocycles. The highest BCUT2D eigenvalue weighted by Gasteiger charge is 2.16. The molecule has 4 heteroatoms. The van der Waals surface area contributed by atoms with Crippen LogP contribution < -0.4 is 10.2 Å². The second kappa shape index (κ2) is 9.35. The average Bonchev–Trinajstić information content (AvgIpc) is 2.76. The fourth-order valence-corrected chi connectivity index (χ4v) is 3.38. The Morgan fingerprint density at radius 2 is 1.95 bits per heavy atom. The summed E-state index contributed by atoms with van der Waals surface area (Å²) in [5.74, 6) is 0. The van der Waals surface area contributed by atoms with Crippen LogP contribution in [0.5, 0.6) is 0 Å². The third-order valence-electron chi connectivity index (χ3n) is 3.47. The maximum Gasteiger partial charge on any atom is 0.186 e. The van der Waals surface area contributed by atoms with Gasteiger partial charge in [0.05, 0.1) is 5.69 Å². The van der Waals surface area contributed by atoms with E-state index in [4.69, 9.17) is 4.98 Å². The van der Waals surface area contributed by atoms with Crippen LogP contribution in [0.25, 0.3) is 0 Å². The summed E-state index contributed by atoms with van der Waals surface area (Å²) in [5, 5.41) is 4.67. The summed E-state index contributed by atoms with van der Waals surface area (Å²) in [6.45, 7) is 14.3. The summed E-state index contributed by atoms with van der Waals surface area (Å²) in [6, 6.07) is 0.522. The number of unbranched alkanes of at least 4 members (excludes halogenated alkanes) is 2. The van der Waals surface area contributed by atoms with Gasteiger partial charge in [0.25, 0.3) is 0 Å². The summed E-state index contributed by atoms with van der Waals surface area (Å²) in [5.41, 5.74) is 1.19. The maximum atomic E-state index is 4.79. The first-order valence-electron chi connectivity index (χ1n) is 8.03. The molecule has 1 aromatic heterocycles. The number of thiazole rings is 1. The lowest BCUT2D eigenvalue weighted by Crippen LogP contribution is -2.31. The Labute approximate surface area is 128 Å². The van der Waals surface area contributed by atoms with E-state index >= 15 is 0 Å². The van der Waals surface area contributed by atoms with Crippen molar-refractivity contribution in [3.05, 3.63) is 10.6 Å². The van der Waals surface area contributed by atoms with E-state index in [1.807, 2.05) is 11.3 Å². The van der Waals surface area contributed by atoms with Crippen molar-refractivity contribution in [2.24, 2.45) is 0 Å². The van der Waals surface area contributed by atoms with Crippen molar-refractivity contribution in [2.45, 2.75) is 72.9 Å². The predicted molar refractivity (Wildman–Crippen MR) is 90.9 cm³/mol. The van der Waals surface area contributed by atoms with Crippen LogP contribution in [0, 0.1) is 6.92 Å². The maximum absolute atomic E-state index is 4.79. The van der Waals surface area contributed by atoms with Crippen LogP contribution in [-0.4, -0.2) is 24.1 Å². The highest BCUT2D eigenvalue weighted by molar-refractivity contribution is 7.15. The van der Waals surface area contributed by atoms with Crippen molar-refractivity contribution in [1.82, 2.24) is 10.3 Å². The molecule has 0 unspecified atom stereocenters. The van der Waals surface area contributed by atoms with Gasteiger partial charge in [-0.2, -0.15) is 0 Å². The van der Waals surface area contributed by atoms with Gasteiger partial charge in [-0.3, -0.25) is 0 Å². The van der Waals surface area contributed by atoms with E-state index < -0.39 is 0 Å². The molecule has 0 atom stereocenters. The SMILES string of the molecule is CCCCCN(c1nc(C)c(CNCCC)s1)C(C)C. The molecule has 1 heterocycles. The lowest BCUT2D eigenvalue weighted by Gasteiger charge is -2.26. The third-order valence-corrected chi connectivity index (χ3v) is 4.66. The highest BCUT2D eigenvalue weighted by Crippen LogP contribution is 2.27. The minimum absolute atomic E-state index is 0.522. The summed E-state index contributed by atoms with van der Waals surface area (Å²) in [7, 11) is 0. The molecule has 20 heavy (non-hydrogen) atoms. The predicted octanol–water partition coefficient (Wildman–Crippen LogP) is 4.36.